The molecule has 0 aromatic carbocycles. The van der Waals surface area contributed by atoms with Crippen LogP contribution in [0.5, 0.6) is 0 Å². The molecule has 1 spiro atoms. The van der Waals surface area contributed by atoms with Crippen molar-refractivity contribution in [3.05, 3.63) is 12.2 Å². The van der Waals surface area contributed by atoms with E-state index in [1.807, 2.05) is 0 Å². The first kappa shape index (κ1) is 35.5. The Morgan fingerprint density at radius 1 is 1.10 bits per heavy atom. The van der Waals surface area contributed by atoms with E-state index in [2.05, 4.69) is 34.3 Å². The van der Waals surface area contributed by atoms with Gasteiger partial charge < -0.3 is 28.2 Å². The third-order valence-corrected chi connectivity index (χ3v) is 13.1. The summed E-state index contributed by atoms with van der Waals surface area (Å²) in [5.41, 5.74) is 0.143. The Labute approximate surface area is 254 Å². The average Bonchev–Trinajstić information content (AvgIpc) is 2.83. The topological polar surface area (TPSA) is 97.4 Å². The minimum atomic E-state index is -2.06. The normalized spacial score (nSPS) is 30.0. The lowest BCUT2D eigenvalue weighted by atomic mass is 9.80. The van der Waals surface area contributed by atoms with Gasteiger partial charge >= 0.3 is 11.9 Å². The Morgan fingerprint density at radius 2 is 1.70 bits per heavy atom. The van der Waals surface area contributed by atoms with Crippen molar-refractivity contribution in [2.75, 3.05) is 6.61 Å². The minimum Gasteiger partial charge on any atom is -0.462 e. The number of hydrogen-bond acceptors (Lipinski definition) is 8. The summed E-state index contributed by atoms with van der Waals surface area (Å²) in [6.07, 6.45) is 1.11. The van der Waals surface area contributed by atoms with Gasteiger partial charge in [-0.25, -0.2) is 0 Å². The molecule has 2 saturated heterocycles. The molecule has 12 heteroatoms. The first-order valence-electron chi connectivity index (χ1n) is 14.1. The van der Waals surface area contributed by atoms with Crippen molar-refractivity contribution in [1.29, 1.82) is 0 Å². The van der Waals surface area contributed by atoms with E-state index in [1.165, 1.54) is 6.92 Å². The molecule has 6 atom stereocenters. The van der Waals surface area contributed by atoms with E-state index in [1.54, 1.807) is 6.92 Å². The fourth-order valence-electron chi connectivity index (χ4n) is 5.94. The Bertz CT molecular complexity index is 900. The van der Waals surface area contributed by atoms with Crippen LogP contribution in [0.25, 0.3) is 0 Å². The van der Waals surface area contributed by atoms with E-state index in [0.29, 0.717) is 19.3 Å². The Kier molecular flexibility index (Phi) is 13.0. The second-order valence-electron chi connectivity index (χ2n) is 11.5. The molecule has 2 heterocycles. The number of halogens is 3. The summed E-state index contributed by atoms with van der Waals surface area (Å²) >= 11 is 17.2. The summed E-state index contributed by atoms with van der Waals surface area (Å²) in [6.45, 7) is 15.5. The van der Waals surface area contributed by atoms with Crippen LogP contribution in [0.3, 0.4) is 0 Å². The maximum atomic E-state index is 12.6. The van der Waals surface area contributed by atoms with Crippen molar-refractivity contribution in [2.24, 2.45) is 5.92 Å². The summed E-state index contributed by atoms with van der Waals surface area (Å²) in [5, 5.41) is 0. The SMILES string of the molecule is C=C(C[C@H]1C[C@](C)(O[Si](CC)(CC)CC)C[C@@]2(C[C@@H](OC(C)=O)C[C@H](CC(=O)OCC(Cl)(Cl)Cl)O2)O1)[C@@H](C)C=O. The molecule has 2 fully saturated rings. The van der Waals surface area contributed by atoms with E-state index < -0.39 is 54.3 Å². The number of hydrogen-bond donors (Lipinski definition) is 0. The lowest BCUT2D eigenvalue weighted by molar-refractivity contribution is -0.347. The molecular weight excluding hydrogens is 599 g/mol. The summed E-state index contributed by atoms with van der Waals surface area (Å²) in [7, 11) is -2.06. The first-order valence-corrected chi connectivity index (χ1v) is 17.8. The standard InChI is InChI=1S/C28H45Cl3O8Si/c1-8-40(9-2,10-3)39-26(7)14-24(11-19(4)20(5)16-32)38-27(17-26)15-23(36-21(6)33)12-22(37-27)13-25(34)35-18-28(29,30)31/h16,20,22-24H,4,8-15,17-18H2,1-3,5-7H3/t20-,22+,23-,24-,26-,27+/m0/s1. The van der Waals surface area contributed by atoms with Crippen LogP contribution in [-0.4, -0.2) is 66.6 Å². The van der Waals surface area contributed by atoms with E-state index >= 15 is 0 Å². The van der Waals surface area contributed by atoms with E-state index in [4.69, 9.17) is 58.2 Å². The molecule has 0 aliphatic carbocycles. The monoisotopic (exact) mass is 642 g/mol. The van der Waals surface area contributed by atoms with Crippen molar-refractivity contribution in [2.45, 2.75) is 132 Å². The first-order chi connectivity index (χ1) is 18.5. The zero-order valence-corrected chi connectivity index (χ0v) is 27.8. The number of ether oxygens (including phenoxy) is 4. The van der Waals surface area contributed by atoms with Crippen LogP contribution >= 0.6 is 34.8 Å². The van der Waals surface area contributed by atoms with Gasteiger partial charge in [-0.3, -0.25) is 9.59 Å². The highest BCUT2D eigenvalue weighted by molar-refractivity contribution is 6.73. The average molecular weight is 644 g/mol. The van der Waals surface area contributed by atoms with Crippen molar-refractivity contribution >= 4 is 61.3 Å². The predicted octanol–water partition coefficient (Wildman–Crippen LogP) is 6.84. The quantitative estimate of drug-likeness (QED) is 0.0708. The van der Waals surface area contributed by atoms with Crippen LogP contribution in [0.1, 0.15) is 80.1 Å². The highest BCUT2D eigenvalue weighted by atomic mass is 35.6. The molecule has 0 aromatic rings. The number of esters is 2. The zero-order valence-electron chi connectivity index (χ0n) is 24.6. The molecule has 2 aliphatic rings. The van der Waals surface area contributed by atoms with Crippen LogP contribution in [0.15, 0.2) is 12.2 Å². The van der Waals surface area contributed by atoms with Gasteiger partial charge in [0.15, 0.2) is 14.1 Å². The lowest BCUT2D eigenvalue weighted by Gasteiger charge is -2.55. The number of carbonyl (C=O) groups is 3. The van der Waals surface area contributed by atoms with Gasteiger partial charge in [-0.15, -0.1) is 0 Å². The fourth-order valence-corrected chi connectivity index (χ4v) is 9.23. The Hall–Kier alpha value is -0.683. The summed E-state index contributed by atoms with van der Waals surface area (Å²) in [4.78, 5) is 36.0. The van der Waals surface area contributed by atoms with Gasteiger partial charge in [-0.2, -0.15) is 0 Å². The minimum absolute atomic E-state index is 0.141. The maximum Gasteiger partial charge on any atom is 0.308 e. The zero-order chi connectivity index (χ0) is 30.4. The second kappa shape index (κ2) is 14.7. The molecule has 0 saturated carbocycles. The Balaban J connectivity index is 2.42. The van der Waals surface area contributed by atoms with E-state index in [0.717, 1.165) is 30.0 Å². The number of aldehydes is 1. The summed E-state index contributed by atoms with van der Waals surface area (Å²) < 4.78 is 29.3. The van der Waals surface area contributed by atoms with Crippen LogP contribution < -0.4 is 0 Å². The highest BCUT2D eigenvalue weighted by Gasteiger charge is 2.55. The van der Waals surface area contributed by atoms with Gasteiger partial charge in [0.05, 0.1) is 24.2 Å². The molecule has 8 nitrogen and oxygen atoms in total. The van der Waals surface area contributed by atoms with Gasteiger partial charge in [0, 0.05) is 38.5 Å². The molecule has 0 N–H and O–H groups in total. The van der Waals surface area contributed by atoms with Crippen LogP contribution in [-0.2, 0) is 37.8 Å². The molecule has 0 unspecified atom stereocenters. The van der Waals surface area contributed by atoms with Crippen molar-refractivity contribution in [3.8, 4) is 0 Å². The van der Waals surface area contributed by atoms with Crippen molar-refractivity contribution in [3.63, 3.8) is 0 Å². The van der Waals surface area contributed by atoms with Gasteiger partial charge in [-0.1, -0.05) is 74.6 Å². The molecule has 230 valence electrons. The molecule has 2 aliphatic heterocycles. The largest absolute Gasteiger partial charge is 0.462 e. The van der Waals surface area contributed by atoms with Gasteiger partial charge in [0.25, 0.3) is 0 Å². The van der Waals surface area contributed by atoms with E-state index in [9.17, 15) is 14.4 Å². The van der Waals surface area contributed by atoms with E-state index in [-0.39, 0.29) is 31.3 Å². The third kappa shape index (κ3) is 10.5. The summed E-state index contributed by atoms with van der Waals surface area (Å²) in [6, 6.07) is 2.91. The molecule has 0 amide bonds. The summed E-state index contributed by atoms with van der Waals surface area (Å²) in [5.74, 6) is -2.57. The third-order valence-electron chi connectivity index (χ3n) is 7.99. The fraction of sp³-hybridized carbons (Fsp3) is 0.821. The van der Waals surface area contributed by atoms with Gasteiger partial charge in [0.2, 0.25) is 3.79 Å². The highest BCUT2D eigenvalue weighted by Crippen LogP contribution is 2.48. The van der Waals surface area contributed by atoms with Crippen molar-refractivity contribution in [1.82, 2.24) is 0 Å². The molecule has 2 rings (SSSR count). The van der Waals surface area contributed by atoms with Crippen LogP contribution in [0, 0.1) is 5.92 Å². The smallest absolute Gasteiger partial charge is 0.308 e. The number of rotatable bonds is 13. The van der Waals surface area contributed by atoms with Gasteiger partial charge in [-0.05, 0) is 31.5 Å². The number of alkyl halides is 3. The molecule has 40 heavy (non-hydrogen) atoms. The van der Waals surface area contributed by atoms with Crippen molar-refractivity contribution < 1.29 is 37.8 Å². The number of carbonyl (C=O) groups excluding carboxylic acids is 3. The maximum absolute atomic E-state index is 12.6. The predicted molar refractivity (Wildman–Crippen MR) is 158 cm³/mol. The molecular formula is C28H45Cl3O8Si. The Morgan fingerprint density at radius 3 is 2.23 bits per heavy atom. The molecule has 0 bridgehead atoms. The van der Waals surface area contributed by atoms with Crippen LogP contribution in [0.4, 0.5) is 0 Å². The van der Waals surface area contributed by atoms with Gasteiger partial charge in [0.1, 0.15) is 19.0 Å². The lowest BCUT2D eigenvalue weighted by Crippen LogP contribution is -2.61. The molecule has 0 radical (unpaired) electrons. The molecule has 0 aromatic heterocycles. The van der Waals surface area contributed by atoms with Crippen LogP contribution in [0.2, 0.25) is 18.1 Å². The second-order valence-corrected chi connectivity index (χ2v) is 18.7.